The van der Waals surface area contributed by atoms with Crippen molar-refractivity contribution in [2.24, 2.45) is 0 Å². The molecule has 0 radical (unpaired) electrons. The summed E-state index contributed by atoms with van der Waals surface area (Å²) in [6, 6.07) is 0. The highest BCUT2D eigenvalue weighted by Crippen LogP contribution is 1.96. The Balaban J connectivity index is 3.40. The summed E-state index contributed by atoms with van der Waals surface area (Å²) in [5, 5.41) is 0. The van der Waals surface area contributed by atoms with Gasteiger partial charge in [0.15, 0.2) is 23.0 Å². The van der Waals surface area contributed by atoms with E-state index in [1.165, 1.54) is 23.0 Å². The van der Waals surface area contributed by atoms with Crippen LogP contribution in [0.5, 0.6) is 0 Å². The summed E-state index contributed by atoms with van der Waals surface area (Å²) in [4.78, 5) is 21.3. The van der Waals surface area contributed by atoms with Crippen LogP contribution >= 0.6 is 23.0 Å². The summed E-state index contributed by atoms with van der Waals surface area (Å²) in [7, 11) is 0. The van der Waals surface area contributed by atoms with Crippen LogP contribution in [0.2, 0.25) is 0 Å². The molecule has 0 bridgehead atoms. The van der Waals surface area contributed by atoms with Gasteiger partial charge in [0.1, 0.15) is 6.42 Å². The van der Waals surface area contributed by atoms with Gasteiger partial charge in [0.25, 0.3) is 0 Å². The molecule has 0 aromatic heterocycles. The van der Waals surface area contributed by atoms with Gasteiger partial charge in [0, 0.05) is 0 Å². The van der Waals surface area contributed by atoms with Gasteiger partial charge in [0.2, 0.25) is 0 Å². The van der Waals surface area contributed by atoms with Crippen molar-refractivity contribution in [1.82, 2.24) is 0 Å². The van der Waals surface area contributed by atoms with Crippen LogP contribution in [-0.2, 0) is 17.4 Å². The lowest BCUT2D eigenvalue weighted by Crippen LogP contribution is -2.11. The Kier molecular flexibility index (Phi) is 7.12. The van der Waals surface area contributed by atoms with Crippen LogP contribution in [0.4, 0.5) is 0 Å². The zero-order valence-corrected chi connectivity index (χ0v) is 9.00. The van der Waals surface area contributed by atoms with Crippen LogP contribution in [0.3, 0.4) is 0 Å². The zero-order chi connectivity index (χ0) is 9.40. The Morgan fingerprint density at radius 3 is 2.50 bits per heavy atom. The van der Waals surface area contributed by atoms with Crippen LogP contribution in [-0.4, -0.2) is 18.5 Å². The van der Waals surface area contributed by atoms with Crippen molar-refractivity contribution in [3.05, 3.63) is 0 Å². The lowest BCUT2D eigenvalue weighted by Gasteiger charge is -2.01. The predicted molar refractivity (Wildman–Crippen MR) is 50.6 cm³/mol. The largest absolute Gasteiger partial charge is 0.465 e. The highest BCUT2D eigenvalue weighted by molar-refractivity contribution is 14.1. The average Bonchev–Trinajstić information content (AvgIpc) is 2.05. The molecule has 0 aliphatic carbocycles. The molecule has 0 fully saturated rings. The van der Waals surface area contributed by atoms with E-state index in [0.717, 1.165) is 12.8 Å². The van der Waals surface area contributed by atoms with Crippen LogP contribution in [0, 0.1) is 0 Å². The summed E-state index contributed by atoms with van der Waals surface area (Å²) in [6.07, 6.45) is 1.49. The van der Waals surface area contributed by atoms with E-state index in [1.807, 2.05) is 6.92 Å². The fourth-order valence-electron chi connectivity index (χ4n) is 0.527. The number of hydrogen-bond donors (Lipinski definition) is 0. The molecule has 4 nitrogen and oxygen atoms in total. The van der Waals surface area contributed by atoms with Gasteiger partial charge in [-0.2, -0.15) is 0 Å². The third kappa shape index (κ3) is 6.38. The second-order valence-corrected chi connectivity index (χ2v) is 2.64. The first-order valence-corrected chi connectivity index (χ1v) is 4.55. The first-order valence-electron chi connectivity index (χ1n) is 3.67. The van der Waals surface area contributed by atoms with Crippen LogP contribution in [0.1, 0.15) is 26.2 Å². The van der Waals surface area contributed by atoms with E-state index in [0.29, 0.717) is 6.61 Å². The fourth-order valence-corrected chi connectivity index (χ4v) is 0.682. The highest BCUT2D eigenvalue weighted by atomic mass is 127. The number of rotatable bonds is 5. The van der Waals surface area contributed by atoms with E-state index in [-0.39, 0.29) is 6.42 Å². The lowest BCUT2D eigenvalue weighted by atomic mass is 10.3. The Hall–Kier alpha value is -0.330. The quantitative estimate of drug-likeness (QED) is 0.333. The Bertz CT molecular complexity index is 157. The van der Waals surface area contributed by atoms with Gasteiger partial charge in [-0.15, -0.1) is 0 Å². The number of esters is 1. The summed E-state index contributed by atoms with van der Waals surface area (Å²) < 4.78 is 8.97. The van der Waals surface area contributed by atoms with E-state index >= 15 is 0 Å². The van der Waals surface area contributed by atoms with Crippen molar-refractivity contribution >= 4 is 34.9 Å². The van der Waals surface area contributed by atoms with Crippen molar-refractivity contribution in [3.63, 3.8) is 0 Å². The normalized spacial score (nSPS) is 9.17. The molecule has 0 amide bonds. The fraction of sp³-hybridized carbons (Fsp3) is 0.714. The van der Waals surface area contributed by atoms with Crippen molar-refractivity contribution in [3.8, 4) is 0 Å². The molecule has 0 saturated carbocycles. The number of carbonyl (C=O) groups is 2. The Morgan fingerprint density at radius 1 is 1.33 bits per heavy atom. The number of hydrogen-bond acceptors (Lipinski definition) is 4. The number of carbonyl (C=O) groups excluding carboxylic acids is 2. The molecule has 0 rings (SSSR count). The van der Waals surface area contributed by atoms with Gasteiger partial charge in [-0.1, -0.05) is 13.3 Å². The molecule has 0 aliphatic rings. The van der Waals surface area contributed by atoms with Gasteiger partial charge in [0.05, 0.1) is 6.61 Å². The minimum atomic E-state index is -0.572. The Morgan fingerprint density at radius 2 is 2.00 bits per heavy atom. The standard InChI is InChI=1S/C7H11IO4/c1-2-3-4-11-6(9)5-7(10)12-8/h2-5H2,1H3. The first kappa shape index (κ1) is 11.7. The average molecular weight is 286 g/mol. The van der Waals surface area contributed by atoms with Crippen LogP contribution in [0.15, 0.2) is 0 Å². The summed E-state index contributed by atoms with van der Waals surface area (Å²) in [5.74, 6) is -1.10. The number of unbranched alkanes of at least 4 members (excludes halogenated alkanes) is 1. The predicted octanol–water partition coefficient (Wildman–Crippen LogP) is 1.61. The molecule has 0 unspecified atom stereocenters. The van der Waals surface area contributed by atoms with Crippen molar-refractivity contribution in [2.45, 2.75) is 26.2 Å². The van der Waals surface area contributed by atoms with Crippen LogP contribution < -0.4 is 0 Å². The molecule has 0 aromatic carbocycles. The molecular weight excluding hydrogens is 275 g/mol. The molecule has 70 valence electrons. The monoisotopic (exact) mass is 286 g/mol. The van der Waals surface area contributed by atoms with Crippen LogP contribution in [0.25, 0.3) is 0 Å². The van der Waals surface area contributed by atoms with E-state index in [4.69, 9.17) is 4.74 Å². The van der Waals surface area contributed by atoms with Gasteiger partial charge in [-0.3, -0.25) is 9.59 Å². The van der Waals surface area contributed by atoms with Crippen molar-refractivity contribution in [1.29, 1.82) is 0 Å². The minimum Gasteiger partial charge on any atom is -0.465 e. The third-order valence-corrected chi connectivity index (χ3v) is 1.63. The SMILES string of the molecule is CCCCOC(=O)CC(=O)OI. The topological polar surface area (TPSA) is 52.6 Å². The number of halogens is 1. The van der Waals surface area contributed by atoms with Gasteiger partial charge in [-0.25, -0.2) is 0 Å². The van der Waals surface area contributed by atoms with Gasteiger partial charge < -0.3 is 7.80 Å². The zero-order valence-electron chi connectivity index (χ0n) is 6.84. The molecule has 0 heterocycles. The van der Waals surface area contributed by atoms with Gasteiger partial charge in [-0.05, 0) is 6.42 Å². The second-order valence-electron chi connectivity index (χ2n) is 2.20. The molecular formula is C7H11IO4. The highest BCUT2D eigenvalue weighted by Gasteiger charge is 2.10. The van der Waals surface area contributed by atoms with E-state index in [9.17, 15) is 9.59 Å². The van der Waals surface area contributed by atoms with Gasteiger partial charge >= 0.3 is 11.9 Å². The minimum absolute atomic E-state index is 0.299. The van der Waals surface area contributed by atoms with E-state index in [2.05, 4.69) is 3.07 Å². The van der Waals surface area contributed by atoms with E-state index in [1.54, 1.807) is 0 Å². The molecule has 0 atom stereocenters. The third-order valence-electron chi connectivity index (χ3n) is 1.14. The molecule has 12 heavy (non-hydrogen) atoms. The summed E-state index contributed by atoms with van der Waals surface area (Å²) in [5.41, 5.74) is 0. The van der Waals surface area contributed by atoms with Crippen molar-refractivity contribution in [2.75, 3.05) is 6.61 Å². The molecule has 0 saturated heterocycles. The molecule has 0 N–H and O–H groups in total. The maximum absolute atomic E-state index is 10.8. The Labute approximate surface area is 85.3 Å². The van der Waals surface area contributed by atoms with Crippen molar-refractivity contribution < 1.29 is 17.4 Å². The molecule has 0 aromatic rings. The molecule has 5 heteroatoms. The maximum atomic E-state index is 10.8. The first-order chi connectivity index (χ1) is 5.70. The van der Waals surface area contributed by atoms with E-state index < -0.39 is 11.9 Å². The molecule has 0 aliphatic heterocycles. The molecule has 0 spiro atoms. The summed E-state index contributed by atoms with van der Waals surface area (Å²) in [6.45, 7) is 2.37. The second kappa shape index (κ2) is 7.33. The summed E-state index contributed by atoms with van der Waals surface area (Å²) >= 11 is 1.43. The number of ether oxygens (including phenoxy) is 1. The smallest absolute Gasteiger partial charge is 0.326 e. The lowest BCUT2D eigenvalue weighted by molar-refractivity contribution is -0.149. The maximum Gasteiger partial charge on any atom is 0.326 e.